The van der Waals surface area contributed by atoms with Crippen LogP contribution >= 0.6 is 22.9 Å². The zero-order valence-electron chi connectivity index (χ0n) is 12.0. The highest BCUT2D eigenvalue weighted by atomic mass is 35.5. The lowest BCUT2D eigenvalue weighted by Gasteiger charge is -2.22. The van der Waals surface area contributed by atoms with Crippen molar-refractivity contribution in [1.29, 1.82) is 0 Å². The Hall–Kier alpha value is -0.990. The summed E-state index contributed by atoms with van der Waals surface area (Å²) in [6.45, 7) is 3.79. The molecule has 0 spiro atoms. The van der Waals surface area contributed by atoms with Crippen molar-refractivity contribution in [2.75, 3.05) is 13.1 Å². The van der Waals surface area contributed by atoms with Gasteiger partial charge in [-0.25, -0.2) is 18.6 Å². The normalized spacial score (nSPS) is 12.3. The Bertz CT molecular complexity index is 477. The van der Waals surface area contributed by atoms with Crippen molar-refractivity contribution in [2.24, 2.45) is 0 Å². The fourth-order valence-electron chi connectivity index (χ4n) is 1.30. The lowest BCUT2D eigenvalue weighted by molar-refractivity contribution is -0.00376. The van der Waals surface area contributed by atoms with Crippen LogP contribution < -0.4 is 10.6 Å². The van der Waals surface area contributed by atoms with E-state index in [9.17, 15) is 13.6 Å². The van der Waals surface area contributed by atoms with Crippen LogP contribution in [0.1, 0.15) is 25.8 Å². The molecule has 0 saturated carbocycles. The molecule has 0 atom stereocenters. The zero-order chi connectivity index (χ0) is 16.1. The van der Waals surface area contributed by atoms with Crippen molar-refractivity contribution in [3.8, 4) is 0 Å². The molecular weight excluding hydrogens is 324 g/mol. The van der Waals surface area contributed by atoms with E-state index in [2.05, 4.69) is 10.3 Å². The Kier molecular flexibility index (Phi) is 6.30. The summed E-state index contributed by atoms with van der Waals surface area (Å²) in [5.41, 5.74) is -0.721. The van der Waals surface area contributed by atoms with Crippen LogP contribution in [0.3, 0.4) is 0 Å². The summed E-state index contributed by atoms with van der Waals surface area (Å²) in [5.74, 6) is -3.09. The van der Waals surface area contributed by atoms with Crippen LogP contribution in [-0.4, -0.2) is 35.7 Å². The van der Waals surface area contributed by atoms with Crippen molar-refractivity contribution in [3.63, 3.8) is 0 Å². The molecule has 9 heteroatoms. The van der Waals surface area contributed by atoms with Crippen molar-refractivity contribution in [1.82, 2.24) is 15.6 Å². The summed E-state index contributed by atoms with van der Waals surface area (Å²) in [6.07, 6.45) is 0.597. The van der Waals surface area contributed by atoms with Gasteiger partial charge < -0.3 is 15.4 Å². The number of alkyl halides is 2. The fourth-order valence-corrected chi connectivity index (χ4v) is 2.23. The highest BCUT2D eigenvalue weighted by Crippen LogP contribution is 2.18. The lowest BCUT2D eigenvalue weighted by Crippen LogP contribution is -2.44. The average molecular weight is 342 g/mol. The SMILES string of the molecule is CC(C)(C)OC(=O)NCC(F)(F)CNCc1ncc(Cl)s1. The Labute approximate surface area is 131 Å². The molecule has 0 unspecified atom stereocenters. The predicted octanol–water partition coefficient (Wildman–Crippen LogP) is 3.05. The maximum atomic E-state index is 13.5. The molecule has 1 amide bonds. The minimum absolute atomic E-state index is 0.194. The number of nitrogens with zero attached hydrogens (tertiary/aromatic N) is 1. The Morgan fingerprint density at radius 1 is 1.43 bits per heavy atom. The van der Waals surface area contributed by atoms with Gasteiger partial charge in [0.15, 0.2) is 0 Å². The largest absolute Gasteiger partial charge is 0.444 e. The summed E-state index contributed by atoms with van der Waals surface area (Å²) < 4.78 is 32.5. The summed E-state index contributed by atoms with van der Waals surface area (Å²) in [6, 6.07) is 0. The van der Waals surface area contributed by atoms with Gasteiger partial charge in [-0.05, 0) is 20.8 Å². The smallest absolute Gasteiger partial charge is 0.407 e. The first-order valence-electron chi connectivity index (χ1n) is 6.23. The fraction of sp³-hybridized carbons (Fsp3) is 0.667. The van der Waals surface area contributed by atoms with E-state index in [0.717, 1.165) is 0 Å². The summed E-state index contributed by atoms with van der Waals surface area (Å²) in [5, 5.41) is 5.24. The molecule has 0 aliphatic rings. The number of rotatable bonds is 6. The lowest BCUT2D eigenvalue weighted by atomic mass is 10.2. The second kappa shape index (κ2) is 7.33. The number of nitrogens with one attached hydrogen (secondary N) is 2. The number of aromatic nitrogens is 1. The van der Waals surface area contributed by atoms with E-state index in [0.29, 0.717) is 9.34 Å². The number of carbonyl (C=O) groups is 1. The number of hydrogen-bond acceptors (Lipinski definition) is 5. The van der Waals surface area contributed by atoms with E-state index in [1.807, 2.05) is 5.32 Å². The van der Waals surface area contributed by atoms with Gasteiger partial charge >= 0.3 is 6.09 Å². The van der Waals surface area contributed by atoms with Crippen LogP contribution in [0.2, 0.25) is 4.34 Å². The quantitative estimate of drug-likeness (QED) is 0.834. The van der Waals surface area contributed by atoms with Gasteiger partial charge in [0, 0.05) is 6.54 Å². The highest BCUT2D eigenvalue weighted by molar-refractivity contribution is 7.15. The van der Waals surface area contributed by atoms with Gasteiger partial charge in [0.25, 0.3) is 5.92 Å². The Balaban J connectivity index is 2.28. The van der Waals surface area contributed by atoms with E-state index in [1.54, 1.807) is 20.8 Å². The molecule has 0 aromatic carbocycles. The standard InChI is InChI=1S/C12H18ClF2N3O2S/c1-11(2,3)20-10(19)18-7-12(14,15)6-16-5-9-17-4-8(13)21-9/h4,16H,5-7H2,1-3H3,(H,18,19). The van der Waals surface area contributed by atoms with Crippen molar-refractivity contribution in [2.45, 2.75) is 38.8 Å². The number of hydrogen-bond donors (Lipinski definition) is 2. The number of halogens is 3. The first kappa shape index (κ1) is 18.1. The second-order valence-electron chi connectivity index (χ2n) is 5.37. The topological polar surface area (TPSA) is 63.2 Å². The van der Waals surface area contributed by atoms with E-state index in [-0.39, 0.29) is 6.54 Å². The maximum Gasteiger partial charge on any atom is 0.407 e. The second-order valence-corrected chi connectivity index (χ2v) is 7.12. The molecule has 0 saturated heterocycles. The Morgan fingerprint density at radius 2 is 2.10 bits per heavy atom. The van der Waals surface area contributed by atoms with Gasteiger partial charge in [-0.15, -0.1) is 11.3 Å². The van der Waals surface area contributed by atoms with Crippen molar-refractivity contribution < 1.29 is 18.3 Å². The highest BCUT2D eigenvalue weighted by Gasteiger charge is 2.30. The minimum Gasteiger partial charge on any atom is -0.444 e. The van der Waals surface area contributed by atoms with Gasteiger partial charge in [-0.3, -0.25) is 0 Å². The van der Waals surface area contributed by atoms with Gasteiger partial charge in [0.05, 0.1) is 19.3 Å². The first-order chi connectivity index (χ1) is 9.57. The van der Waals surface area contributed by atoms with E-state index in [1.165, 1.54) is 17.5 Å². The third-order valence-corrected chi connectivity index (χ3v) is 3.19. The number of carbonyl (C=O) groups excluding carboxylic acids is 1. The molecule has 1 rings (SSSR count). The van der Waals surface area contributed by atoms with Crippen LogP contribution in [0.25, 0.3) is 0 Å². The van der Waals surface area contributed by atoms with Gasteiger partial charge in [0.1, 0.15) is 14.9 Å². The maximum absolute atomic E-state index is 13.5. The number of amides is 1. The molecule has 1 aromatic rings. The molecule has 5 nitrogen and oxygen atoms in total. The molecule has 2 N–H and O–H groups in total. The van der Waals surface area contributed by atoms with Crippen LogP contribution in [0.5, 0.6) is 0 Å². The molecule has 0 aliphatic heterocycles. The summed E-state index contributed by atoms with van der Waals surface area (Å²) in [4.78, 5) is 15.2. The molecule has 1 heterocycles. The number of thiazole rings is 1. The average Bonchev–Trinajstić information content (AvgIpc) is 2.70. The molecular formula is C12H18ClF2N3O2S. The van der Waals surface area contributed by atoms with Gasteiger partial charge in [-0.2, -0.15) is 0 Å². The minimum atomic E-state index is -3.09. The number of ether oxygens (including phenoxy) is 1. The molecule has 0 bridgehead atoms. The zero-order valence-corrected chi connectivity index (χ0v) is 13.6. The van der Waals surface area contributed by atoms with E-state index < -0.39 is 30.7 Å². The van der Waals surface area contributed by atoms with Crippen molar-refractivity contribution >= 4 is 29.0 Å². The van der Waals surface area contributed by atoms with Gasteiger partial charge in [0.2, 0.25) is 0 Å². The third kappa shape index (κ3) is 8.13. The summed E-state index contributed by atoms with van der Waals surface area (Å²) >= 11 is 6.91. The Morgan fingerprint density at radius 3 is 2.62 bits per heavy atom. The predicted molar refractivity (Wildman–Crippen MR) is 78.0 cm³/mol. The van der Waals surface area contributed by atoms with Crippen LogP contribution in [0.4, 0.5) is 13.6 Å². The molecule has 120 valence electrons. The molecule has 1 aromatic heterocycles. The van der Waals surface area contributed by atoms with E-state index >= 15 is 0 Å². The third-order valence-electron chi connectivity index (χ3n) is 2.08. The van der Waals surface area contributed by atoms with Crippen LogP contribution in [0.15, 0.2) is 6.20 Å². The molecule has 0 aliphatic carbocycles. The van der Waals surface area contributed by atoms with Gasteiger partial charge in [-0.1, -0.05) is 11.6 Å². The van der Waals surface area contributed by atoms with E-state index in [4.69, 9.17) is 16.3 Å². The monoisotopic (exact) mass is 341 g/mol. The van der Waals surface area contributed by atoms with Crippen LogP contribution in [-0.2, 0) is 11.3 Å². The molecule has 0 fully saturated rings. The number of alkyl carbamates (subject to hydrolysis) is 1. The van der Waals surface area contributed by atoms with Crippen molar-refractivity contribution in [3.05, 3.63) is 15.5 Å². The summed E-state index contributed by atoms with van der Waals surface area (Å²) in [7, 11) is 0. The molecule has 0 radical (unpaired) electrons. The van der Waals surface area contributed by atoms with Crippen LogP contribution in [0, 0.1) is 0 Å². The molecule has 21 heavy (non-hydrogen) atoms. The first-order valence-corrected chi connectivity index (χ1v) is 7.42.